The lowest BCUT2D eigenvalue weighted by Gasteiger charge is -2.16. The molecule has 1 fully saturated rings. The molecule has 0 unspecified atom stereocenters. The third-order valence-electron chi connectivity index (χ3n) is 2.97. The van der Waals surface area contributed by atoms with Gasteiger partial charge in [-0.2, -0.15) is 4.98 Å². The van der Waals surface area contributed by atoms with Crippen LogP contribution in [0.25, 0.3) is 0 Å². The number of rotatable bonds is 3. The monoisotopic (exact) mass is 269 g/mol. The molecule has 0 aliphatic carbocycles. The Labute approximate surface area is 111 Å². The largest absolute Gasteiger partial charge is 0.394 e. The van der Waals surface area contributed by atoms with Crippen LogP contribution < -0.4 is 11.1 Å². The van der Waals surface area contributed by atoms with Crippen LogP contribution in [0.4, 0.5) is 11.5 Å². The van der Waals surface area contributed by atoms with E-state index in [-0.39, 0.29) is 17.7 Å². The summed E-state index contributed by atoms with van der Waals surface area (Å²) in [6, 6.07) is 0. The Bertz CT molecular complexity index is 459. The molecule has 1 saturated heterocycles. The van der Waals surface area contributed by atoms with E-state index < -0.39 is 0 Å². The topological polar surface area (TPSA) is 84.1 Å². The number of carbonyl (C=O) groups excluding carboxylic acids is 1. The second kappa shape index (κ2) is 5.39. The first-order valence-electron chi connectivity index (χ1n) is 5.89. The summed E-state index contributed by atoms with van der Waals surface area (Å²) in [4.78, 5) is 21.6. The molecule has 0 bridgehead atoms. The van der Waals surface area contributed by atoms with Gasteiger partial charge in [-0.25, -0.2) is 4.98 Å². The van der Waals surface area contributed by atoms with E-state index in [2.05, 4.69) is 15.3 Å². The van der Waals surface area contributed by atoms with Gasteiger partial charge in [0.1, 0.15) is 0 Å². The predicted octanol–water partition coefficient (Wildman–Crippen LogP) is 1.05. The predicted molar refractivity (Wildman–Crippen MR) is 70.5 cm³/mol. The number of anilines is 2. The van der Waals surface area contributed by atoms with E-state index in [0.29, 0.717) is 17.2 Å². The number of nitrogens with two attached hydrogens (primary N) is 1. The van der Waals surface area contributed by atoms with Crippen LogP contribution in [0, 0.1) is 6.92 Å². The number of nitrogens with one attached hydrogen (secondary N) is 1. The lowest BCUT2D eigenvalue weighted by molar-refractivity contribution is -0.128. The minimum atomic E-state index is 0.0549. The number of nitrogens with zero attached hydrogens (tertiary/aromatic N) is 3. The number of hydrogen-bond donors (Lipinski definition) is 2. The number of aryl methyl sites for hydroxylation is 1. The Kier molecular flexibility index (Phi) is 3.86. The maximum absolute atomic E-state index is 11.8. The van der Waals surface area contributed by atoms with Crippen molar-refractivity contribution in [2.45, 2.75) is 19.8 Å². The summed E-state index contributed by atoms with van der Waals surface area (Å²) >= 11 is 5.75. The van der Waals surface area contributed by atoms with Gasteiger partial charge >= 0.3 is 0 Å². The van der Waals surface area contributed by atoms with Gasteiger partial charge in [-0.1, -0.05) is 0 Å². The molecular formula is C11H16ClN5O. The molecule has 0 radical (unpaired) electrons. The highest BCUT2D eigenvalue weighted by Crippen LogP contribution is 2.20. The van der Waals surface area contributed by atoms with Crippen LogP contribution in [0.1, 0.15) is 18.5 Å². The van der Waals surface area contributed by atoms with E-state index in [1.165, 1.54) is 0 Å². The van der Waals surface area contributed by atoms with Crippen molar-refractivity contribution in [2.24, 2.45) is 0 Å². The Morgan fingerprint density at radius 2 is 2.11 bits per heavy atom. The minimum absolute atomic E-state index is 0.0549. The van der Waals surface area contributed by atoms with Crippen LogP contribution in [0.5, 0.6) is 0 Å². The third kappa shape index (κ3) is 2.81. The van der Waals surface area contributed by atoms with Crippen LogP contribution >= 0.6 is 11.6 Å². The van der Waals surface area contributed by atoms with Crippen molar-refractivity contribution in [3.8, 4) is 0 Å². The van der Waals surface area contributed by atoms with Crippen molar-refractivity contribution in [1.29, 1.82) is 0 Å². The lowest BCUT2D eigenvalue weighted by atomic mass is 10.3. The van der Waals surface area contributed by atoms with Crippen LogP contribution in [0.15, 0.2) is 0 Å². The van der Waals surface area contributed by atoms with Gasteiger partial charge in [0.05, 0.1) is 17.9 Å². The van der Waals surface area contributed by atoms with Crippen molar-refractivity contribution < 1.29 is 4.79 Å². The molecule has 0 atom stereocenters. The zero-order chi connectivity index (χ0) is 13.1. The van der Waals surface area contributed by atoms with E-state index in [4.69, 9.17) is 17.3 Å². The van der Waals surface area contributed by atoms with Gasteiger partial charge in [0.25, 0.3) is 0 Å². The molecule has 1 aliphatic rings. The summed E-state index contributed by atoms with van der Waals surface area (Å²) < 4.78 is 0. The highest BCUT2D eigenvalue weighted by atomic mass is 35.5. The van der Waals surface area contributed by atoms with Gasteiger partial charge < -0.3 is 16.0 Å². The molecular weight excluding hydrogens is 254 g/mol. The summed E-state index contributed by atoms with van der Waals surface area (Å²) in [7, 11) is 0. The summed E-state index contributed by atoms with van der Waals surface area (Å²) in [6.45, 7) is 3.59. The van der Waals surface area contributed by atoms with Crippen LogP contribution in [0.2, 0.25) is 5.28 Å². The maximum atomic E-state index is 11.8. The smallest absolute Gasteiger partial charge is 0.241 e. The molecule has 18 heavy (non-hydrogen) atoms. The Balaban J connectivity index is 1.99. The number of likely N-dealkylation sites (tertiary alicyclic amines) is 1. The van der Waals surface area contributed by atoms with Crippen molar-refractivity contribution in [3.05, 3.63) is 11.0 Å². The van der Waals surface area contributed by atoms with Crippen molar-refractivity contribution in [2.75, 3.05) is 30.7 Å². The van der Waals surface area contributed by atoms with E-state index in [9.17, 15) is 4.79 Å². The standard InChI is InChI=1S/C11H16ClN5O/c1-7-9(13)10(16-11(12)15-7)14-6-8(18)17-4-2-3-5-17/h2-6,13H2,1H3,(H,14,15,16). The van der Waals surface area contributed by atoms with E-state index >= 15 is 0 Å². The third-order valence-corrected chi connectivity index (χ3v) is 3.14. The van der Waals surface area contributed by atoms with Crippen LogP contribution in [0.3, 0.4) is 0 Å². The number of carbonyl (C=O) groups is 1. The summed E-state index contributed by atoms with van der Waals surface area (Å²) in [5, 5.41) is 3.04. The van der Waals surface area contributed by atoms with Gasteiger partial charge in [0.2, 0.25) is 11.2 Å². The molecule has 2 rings (SSSR count). The molecule has 0 aromatic carbocycles. The molecule has 1 aromatic rings. The summed E-state index contributed by atoms with van der Waals surface area (Å²) in [5.74, 6) is 0.472. The van der Waals surface area contributed by atoms with Gasteiger partial charge in [0, 0.05) is 13.1 Å². The fourth-order valence-electron chi connectivity index (χ4n) is 1.92. The molecule has 1 amide bonds. The molecule has 3 N–H and O–H groups in total. The van der Waals surface area contributed by atoms with E-state index in [0.717, 1.165) is 25.9 Å². The fraction of sp³-hybridized carbons (Fsp3) is 0.545. The van der Waals surface area contributed by atoms with Gasteiger partial charge in [-0.05, 0) is 31.4 Å². The lowest BCUT2D eigenvalue weighted by Crippen LogP contribution is -2.33. The zero-order valence-corrected chi connectivity index (χ0v) is 11.0. The number of halogens is 1. The molecule has 98 valence electrons. The number of amides is 1. The minimum Gasteiger partial charge on any atom is -0.394 e. The Hall–Kier alpha value is -1.56. The van der Waals surface area contributed by atoms with E-state index in [1.54, 1.807) is 6.92 Å². The van der Waals surface area contributed by atoms with Crippen LogP contribution in [-0.2, 0) is 4.79 Å². The first-order valence-corrected chi connectivity index (χ1v) is 6.27. The molecule has 6 nitrogen and oxygen atoms in total. The highest BCUT2D eigenvalue weighted by Gasteiger charge is 2.18. The molecule has 7 heteroatoms. The second-order valence-electron chi connectivity index (χ2n) is 4.28. The molecule has 1 aromatic heterocycles. The molecule has 0 saturated carbocycles. The van der Waals surface area contributed by atoms with E-state index in [1.807, 2.05) is 4.90 Å². The quantitative estimate of drug-likeness (QED) is 0.802. The summed E-state index contributed by atoms with van der Waals surface area (Å²) in [5.41, 5.74) is 6.85. The average Bonchev–Trinajstić information content (AvgIpc) is 2.85. The number of nitrogen functional groups attached to an aromatic ring is 1. The second-order valence-corrected chi connectivity index (χ2v) is 4.62. The number of hydrogen-bond acceptors (Lipinski definition) is 5. The Morgan fingerprint density at radius 1 is 1.44 bits per heavy atom. The number of aromatic nitrogens is 2. The fourth-order valence-corrected chi connectivity index (χ4v) is 2.13. The van der Waals surface area contributed by atoms with Crippen molar-refractivity contribution in [1.82, 2.24) is 14.9 Å². The average molecular weight is 270 g/mol. The Morgan fingerprint density at radius 3 is 2.78 bits per heavy atom. The molecule has 0 spiro atoms. The maximum Gasteiger partial charge on any atom is 0.241 e. The van der Waals surface area contributed by atoms with Crippen molar-refractivity contribution in [3.63, 3.8) is 0 Å². The summed E-state index contributed by atoms with van der Waals surface area (Å²) in [6.07, 6.45) is 2.15. The van der Waals surface area contributed by atoms with Crippen molar-refractivity contribution >= 4 is 29.0 Å². The first-order chi connectivity index (χ1) is 8.58. The molecule has 2 heterocycles. The van der Waals surface area contributed by atoms with Gasteiger partial charge in [0.15, 0.2) is 5.82 Å². The van der Waals surface area contributed by atoms with Gasteiger partial charge in [-0.15, -0.1) is 0 Å². The SMILES string of the molecule is Cc1nc(Cl)nc(NCC(=O)N2CCCC2)c1N. The highest BCUT2D eigenvalue weighted by molar-refractivity contribution is 6.28. The first kappa shape index (κ1) is 12.9. The van der Waals surface area contributed by atoms with Crippen LogP contribution in [-0.4, -0.2) is 40.4 Å². The zero-order valence-electron chi connectivity index (χ0n) is 10.2. The van der Waals surface area contributed by atoms with Gasteiger partial charge in [-0.3, -0.25) is 4.79 Å². The molecule has 1 aliphatic heterocycles. The normalized spacial score (nSPS) is 14.9.